The number of benzene rings is 1. The number of guanidine groups is 1. The highest BCUT2D eigenvalue weighted by molar-refractivity contribution is 7.11. The fourth-order valence-electron chi connectivity index (χ4n) is 2.22. The van der Waals surface area contributed by atoms with Gasteiger partial charge in [0.2, 0.25) is 0 Å². The molecule has 0 saturated carbocycles. The fraction of sp³-hybridized carbons (Fsp3) is 0.474. The molecule has 1 aromatic heterocycles. The number of hydrogen-bond acceptors (Lipinski definition) is 4. The molecule has 25 heavy (non-hydrogen) atoms. The minimum absolute atomic E-state index is 0.520. The highest BCUT2D eigenvalue weighted by Gasteiger charge is 2.03. The third-order valence-corrected chi connectivity index (χ3v) is 4.44. The van der Waals surface area contributed by atoms with E-state index >= 15 is 0 Å². The number of thiazole rings is 1. The van der Waals surface area contributed by atoms with Gasteiger partial charge in [-0.05, 0) is 30.5 Å². The molecule has 2 rings (SSSR count). The lowest BCUT2D eigenvalue weighted by Crippen LogP contribution is -2.37. The number of nitrogens with zero attached hydrogens (tertiary/aromatic N) is 2. The Kier molecular flexibility index (Phi) is 7.73. The molecule has 2 N–H and O–H groups in total. The zero-order chi connectivity index (χ0) is 18.1. The van der Waals surface area contributed by atoms with Gasteiger partial charge < -0.3 is 15.4 Å². The highest BCUT2D eigenvalue weighted by atomic mass is 32.1. The Labute approximate surface area is 154 Å². The quantitative estimate of drug-likeness (QED) is 0.560. The van der Waals surface area contributed by atoms with E-state index in [1.807, 2.05) is 18.3 Å². The second kappa shape index (κ2) is 10.0. The van der Waals surface area contributed by atoms with Crippen molar-refractivity contribution >= 4 is 17.3 Å². The number of hydrogen-bond donors (Lipinski definition) is 2. The van der Waals surface area contributed by atoms with Crippen molar-refractivity contribution in [3.8, 4) is 5.75 Å². The molecule has 0 aliphatic carbocycles. The standard InChI is InChI=1S/C19H28N4OS/c1-14(2)13-24-17-7-5-6-16(10-17)12-23-19(20-4)21-9-8-18-22-11-15(3)25-18/h5-7,10-11,14H,8-9,12-13H2,1-4H3,(H2,20,21,23). The van der Waals surface area contributed by atoms with Gasteiger partial charge in [0.1, 0.15) is 5.75 Å². The third kappa shape index (κ3) is 7.13. The monoisotopic (exact) mass is 360 g/mol. The molecule has 0 amide bonds. The molecule has 0 unspecified atom stereocenters. The average Bonchev–Trinajstić information content (AvgIpc) is 3.01. The molecule has 136 valence electrons. The smallest absolute Gasteiger partial charge is 0.191 e. The van der Waals surface area contributed by atoms with Crippen LogP contribution in [0.4, 0.5) is 0 Å². The first kappa shape index (κ1) is 19.2. The summed E-state index contributed by atoms with van der Waals surface area (Å²) < 4.78 is 5.78. The lowest BCUT2D eigenvalue weighted by Gasteiger charge is -2.13. The maximum Gasteiger partial charge on any atom is 0.191 e. The number of rotatable bonds is 8. The van der Waals surface area contributed by atoms with E-state index in [1.54, 1.807) is 18.4 Å². The second-order valence-corrected chi connectivity index (χ2v) is 7.64. The van der Waals surface area contributed by atoms with Crippen LogP contribution in [0.5, 0.6) is 5.75 Å². The van der Waals surface area contributed by atoms with Crippen molar-refractivity contribution in [3.05, 3.63) is 45.9 Å². The van der Waals surface area contributed by atoms with Gasteiger partial charge in [0, 0.05) is 37.6 Å². The van der Waals surface area contributed by atoms with E-state index in [0.29, 0.717) is 12.5 Å². The predicted molar refractivity (Wildman–Crippen MR) is 106 cm³/mol. The van der Waals surface area contributed by atoms with Gasteiger partial charge >= 0.3 is 0 Å². The van der Waals surface area contributed by atoms with Gasteiger partial charge in [-0.3, -0.25) is 4.99 Å². The van der Waals surface area contributed by atoms with E-state index in [9.17, 15) is 0 Å². The molecule has 0 atom stereocenters. The lowest BCUT2D eigenvalue weighted by molar-refractivity contribution is 0.271. The number of aryl methyl sites for hydroxylation is 1. The summed E-state index contributed by atoms with van der Waals surface area (Å²) in [6.45, 7) is 8.62. The van der Waals surface area contributed by atoms with E-state index in [-0.39, 0.29) is 0 Å². The number of aromatic nitrogens is 1. The lowest BCUT2D eigenvalue weighted by atomic mass is 10.2. The van der Waals surface area contributed by atoms with E-state index in [2.05, 4.69) is 53.5 Å². The van der Waals surface area contributed by atoms with Crippen molar-refractivity contribution in [3.63, 3.8) is 0 Å². The minimum atomic E-state index is 0.520. The van der Waals surface area contributed by atoms with E-state index in [0.717, 1.165) is 36.3 Å². The van der Waals surface area contributed by atoms with E-state index in [1.165, 1.54) is 10.4 Å². The zero-order valence-corrected chi connectivity index (χ0v) is 16.3. The molecule has 6 heteroatoms. The van der Waals surface area contributed by atoms with Crippen molar-refractivity contribution in [2.75, 3.05) is 20.2 Å². The summed E-state index contributed by atoms with van der Waals surface area (Å²) in [6, 6.07) is 8.17. The SMILES string of the molecule is CN=C(NCCc1ncc(C)s1)NCc1cccc(OCC(C)C)c1. The summed E-state index contributed by atoms with van der Waals surface area (Å²) in [5.41, 5.74) is 1.17. The molecule has 0 radical (unpaired) electrons. The van der Waals surface area contributed by atoms with E-state index < -0.39 is 0 Å². The summed E-state index contributed by atoms with van der Waals surface area (Å²) in [6.07, 6.45) is 2.82. The van der Waals surface area contributed by atoms with Crippen molar-refractivity contribution in [2.24, 2.45) is 10.9 Å². The third-order valence-electron chi connectivity index (χ3n) is 3.47. The Morgan fingerprint density at radius 2 is 2.16 bits per heavy atom. The first-order valence-electron chi connectivity index (χ1n) is 8.64. The van der Waals surface area contributed by atoms with Crippen LogP contribution < -0.4 is 15.4 Å². The molecular formula is C19H28N4OS. The molecule has 1 heterocycles. The maximum absolute atomic E-state index is 5.78. The summed E-state index contributed by atoms with van der Waals surface area (Å²) in [5.74, 6) is 2.23. The van der Waals surface area contributed by atoms with Crippen molar-refractivity contribution in [1.82, 2.24) is 15.6 Å². The molecule has 0 fully saturated rings. The van der Waals surface area contributed by atoms with Crippen LogP contribution in [0.3, 0.4) is 0 Å². The minimum Gasteiger partial charge on any atom is -0.493 e. The van der Waals surface area contributed by atoms with Gasteiger partial charge in [-0.25, -0.2) is 4.98 Å². The van der Waals surface area contributed by atoms with Crippen LogP contribution in [0.15, 0.2) is 35.5 Å². The Bertz CT molecular complexity index is 682. The molecule has 0 saturated heterocycles. The fourth-order valence-corrected chi connectivity index (χ4v) is 3.01. The van der Waals surface area contributed by atoms with Crippen LogP contribution in [0.2, 0.25) is 0 Å². The number of aliphatic imine (C=N–C) groups is 1. The average molecular weight is 361 g/mol. The van der Waals surface area contributed by atoms with Gasteiger partial charge in [0.25, 0.3) is 0 Å². The van der Waals surface area contributed by atoms with Crippen LogP contribution in [-0.4, -0.2) is 31.1 Å². The Morgan fingerprint density at radius 1 is 1.32 bits per heavy atom. The Morgan fingerprint density at radius 3 is 2.84 bits per heavy atom. The van der Waals surface area contributed by atoms with Gasteiger partial charge in [0.15, 0.2) is 5.96 Å². The number of ether oxygens (including phenoxy) is 1. The molecule has 0 spiro atoms. The molecule has 0 bridgehead atoms. The zero-order valence-electron chi connectivity index (χ0n) is 15.5. The molecule has 0 aliphatic rings. The van der Waals surface area contributed by atoms with Crippen molar-refractivity contribution < 1.29 is 4.74 Å². The van der Waals surface area contributed by atoms with Crippen LogP contribution in [-0.2, 0) is 13.0 Å². The number of nitrogens with one attached hydrogen (secondary N) is 2. The molecule has 5 nitrogen and oxygen atoms in total. The largest absolute Gasteiger partial charge is 0.493 e. The predicted octanol–water partition coefficient (Wildman–Crippen LogP) is 3.39. The maximum atomic E-state index is 5.78. The van der Waals surface area contributed by atoms with Crippen LogP contribution in [0.25, 0.3) is 0 Å². The molecule has 0 aliphatic heterocycles. The highest BCUT2D eigenvalue weighted by Crippen LogP contribution is 2.14. The summed E-state index contributed by atoms with van der Waals surface area (Å²) in [4.78, 5) is 9.89. The van der Waals surface area contributed by atoms with Gasteiger partial charge in [-0.15, -0.1) is 11.3 Å². The topological polar surface area (TPSA) is 58.5 Å². The van der Waals surface area contributed by atoms with Crippen LogP contribution in [0.1, 0.15) is 29.3 Å². The first-order chi connectivity index (χ1) is 12.1. The second-order valence-electron chi connectivity index (χ2n) is 6.32. The van der Waals surface area contributed by atoms with Gasteiger partial charge in [0.05, 0.1) is 11.6 Å². The first-order valence-corrected chi connectivity index (χ1v) is 9.46. The summed E-state index contributed by atoms with van der Waals surface area (Å²) in [5, 5.41) is 7.81. The van der Waals surface area contributed by atoms with E-state index in [4.69, 9.17) is 4.74 Å². The normalized spacial score (nSPS) is 11.6. The summed E-state index contributed by atoms with van der Waals surface area (Å²) >= 11 is 1.74. The Balaban J connectivity index is 1.77. The molecular weight excluding hydrogens is 332 g/mol. The van der Waals surface area contributed by atoms with Gasteiger partial charge in [-0.2, -0.15) is 0 Å². The van der Waals surface area contributed by atoms with Crippen LogP contribution >= 0.6 is 11.3 Å². The van der Waals surface area contributed by atoms with Crippen molar-refractivity contribution in [2.45, 2.75) is 33.7 Å². The van der Waals surface area contributed by atoms with Crippen LogP contribution in [0, 0.1) is 12.8 Å². The summed E-state index contributed by atoms with van der Waals surface area (Å²) in [7, 11) is 1.78. The Hall–Kier alpha value is -2.08. The van der Waals surface area contributed by atoms with Gasteiger partial charge in [-0.1, -0.05) is 26.0 Å². The molecule has 1 aromatic carbocycles. The van der Waals surface area contributed by atoms with Crippen molar-refractivity contribution in [1.29, 1.82) is 0 Å². The molecule has 2 aromatic rings.